The van der Waals surface area contributed by atoms with E-state index in [2.05, 4.69) is 17.6 Å². The third kappa shape index (κ3) is 7.50. The average molecular weight is 344 g/mol. The van der Waals surface area contributed by atoms with E-state index in [0.717, 1.165) is 19.0 Å². The van der Waals surface area contributed by atoms with Gasteiger partial charge in [-0.25, -0.2) is 0 Å². The molecular weight excluding hydrogens is 320 g/mol. The number of unbranched alkanes of at least 4 members (excludes halogenated alkanes) is 1. The molecule has 7 nitrogen and oxygen atoms in total. The smallest absolute Gasteiger partial charge is 0.263 e. The molecule has 0 saturated carbocycles. The van der Waals surface area contributed by atoms with E-state index in [9.17, 15) is 9.59 Å². The molecule has 1 rings (SSSR count). The maximum atomic E-state index is 12.0. The van der Waals surface area contributed by atoms with Gasteiger partial charge in [-0.2, -0.15) is 5.26 Å². The van der Waals surface area contributed by atoms with E-state index < -0.39 is 11.8 Å². The summed E-state index contributed by atoms with van der Waals surface area (Å²) in [6, 6.07) is 8.31. The van der Waals surface area contributed by atoms with Gasteiger partial charge in [-0.05, 0) is 25.0 Å². The van der Waals surface area contributed by atoms with Gasteiger partial charge in [0.2, 0.25) is 0 Å². The Kier molecular flexibility index (Phi) is 9.41. The summed E-state index contributed by atoms with van der Waals surface area (Å²) < 4.78 is 5.38. The first-order valence-electron chi connectivity index (χ1n) is 8.21. The van der Waals surface area contributed by atoms with Crippen LogP contribution in [0.3, 0.4) is 0 Å². The first-order chi connectivity index (χ1) is 12.1. The van der Waals surface area contributed by atoms with Crippen molar-refractivity contribution in [2.24, 2.45) is 0 Å². The zero-order valence-electron chi connectivity index (χ0n) is 14.4. The minimum absolute atomic E-state index is 0.185. The van der Waals surface area contributed by atoms with Crippen molar-refractivity contribution < 1.29 is 14.3 Å². The van der Waals surface area contributed by atoms with Crippen LogP contribution >= 0.6 is 0 Å². The van der Waals surface area contributed by atoms with E-state index in [1.807, 2.05) is 0 Å². The zero-order chi connectivity index (χ0) is 18.5. The summed E-state index contributed by atoms with van der Waals surface area (Å²) in [5.41, 5.74) is 6.12. The molecule has 134 valence electrons. The van der Waals surface area contributed by atoms with E-state index in [0.29, 0.717) is 31.9 Å². The van der Waals surface area contributed by atoms with Crippen molar-refractivity contribution in [3.8, 4) is 6.07 Å². The normalized spacial score (nSPS) is 10.8. The first kappa shape index (κ1) is 20.2. The van der Waals surface area contributed by atoms with E-state index >= 15 is 0 Å². The molecule has 25 heavy (non-hydrogen) atoms. The summed E-state index contributed by atoms with van der Waals surface area (Å²) in [7, 11) is 0. The molecule has 2 amide bonds. The molecule has 0 bridgehead atoms. The second-order valence-corrected chi connectivity index (χ2v) is 5.31. The first-order valence-corrected chi connectivity index (χ1v) is 8.21. The van der Waals surface area contributed by atoms with Crippen LogP contribution in [0.5, 0.6) is 0 Å². The molecule has 0 atom stereocenters. The predicted molar refractivity (Wildman–Crippen MR) is 95.4 cm³/mol. The lowest BCUT2D eigenvalue weighted by atomic mass is 10.1. The SMILES string of the molecule is CCCCOCCCNC(=O)/C(C#N)=C\NC(=O)c1ccccc1N. The van der Waals surface area contributed by atoms with Crippen LogP contribution in [0.1, 0.15) is 36.5 Å². The van der Waals surface area contributed by atoms with Crippen LogP contribution in [0, 0.1) is 11.3 Å². The van der Waals surface area contributed by atoms with E-state index in [1.54, 1.807) is 30.3 Å². The largest absolute Gasteiger partial charge is 0.398 e. The Morgan fingerprint density at radius 2 is 2.00 bits per heavy atom. The third-order valence-corrected chi connectivity index (χ3v) is 3.31. The lowest BCUT2D eigenvalue weighted by molar-refractivity contribution is -0.117. The van der Waals surface area contributed by atoms with Gasteiger partial charge in [-0.1, -0.05) is 25.5 Å². The summed E-state index contributed by atoms with van der Waals surface area (Å²) in [5.74, 6) is -1.03. The summed E-state index contributed by atoms with van der Waals surface area (Å²) >= 11 is 0. The number of nitrogens with two attached hydrogens (primary N) is 1. The van der Waals surface area contributed by atoms with Crippen molar-refractivity contribution in [2.45, 2.75) is 26.2 Å². The van der Waals surface area contributed by atoms with Gasteiger partial charge >= 0.3 is 0 Å². The molecule has 0 aliphatic carbocycles. The lowest BCUT2D eigenvalue weighted by Crippen LogP contribution is -2.28. The number of benzene rings is 1. The number of hydrogen-bond acceptors (Lipinski definition) is 5. The van der Waals surface area contributed by atoms with Gasteiger partial charge in [0.25, 0.3) is 11.8 Å². The molecule has 0 unspecified atom stereocenters. The number of nitrogen functional groups attached to an aromatic ring is 1. The Balaban J connectivity index is 2.42. The third-order valence-electron chi connectivity index (χ3n) is 3.31. The van der Waals surface area contributed by atoms with Gasteiger partial charge < -0.3 is 21.1 Å². The second kappa shape index (κ2) is 11.6. The monoisotopic (exact) mass is 344 g/mol. The topological polar surface area (TPSA) is 117 Å². The van der Waals surface area contributed by atoms with Gasteiger partial charge in [-0.15, -0.1) is 0 Å². The van der Waals surface area contributed by atoms with Crippen molar-refractivity contribution in [2.75, 3.05) is 25.5 Å². The van der Waals surface area contributed by atoms with Gasteiger partial charge in [0.1, 0.15) is 11.6 Å². The standard InChI is InChI=1S/C18H24N4O3/c1-2-3-10-25-11-6-9-21-17(23)14(12-19)13-22-18(24)15-7-4-5-8-16(15)20/h4-5,7-8,13H,2-3,6,9-11,20H2,1H3,(H,21,23)(H,22,24)/b14-13-. The average Bonchev–Trinajstić information content (AvgIpc) is 2.61. The zero-order valence-corrected chi connectivity index (χ0v) is 14.4. The number of rotatable bonds is 10. The molecule has 0 aliphatic rings. The quantitative estimate of drug-likeness (QED) is 0.259. The Hall–Kier alpha value is -2.85. The summed E-state index contributed by atoms with van der Waals surface area (Å²) in [6.07, 6.45) is 3.83. The molecular formula is C18H24N4O3. The Morgan fingerprint density at radius 3 is 2.68 bits per heavy atom. The number of nitrogens with zero attached hydrogens (tertiary/aromatic N) is 1. The highest BCUT2D eigenvalue weighted by Gasteiger charge is 2.11. The van der Waals surface area contributed by atoms with Gasteiger partial charge in [0, 0.05) is 31.6 Å². The van der Waals surface area contributed by atoms with Crippen LogP contribution in [0.25, 0.3) is 0 Å². The minimum Gasteiger partial charge on any atom is -0.398 e. The van der Waals surface area contributed by atoms with Gasteiger partial charge in [0.15, 0.2) is 0 Å². The number of para-hydroxylation sites is 1. The molecule has 0 saturated heterocycles. The number of carbonyl (C=O) groups excluding carboxylic acids is 2. The fraction of sp³-hybridized carbons (Fsp3) is 0.389. The molecule has 1 aromatic rings. The Morgan fingerprint density at radius 1 is 1.28 bits per heavy atom. The summed E-state index contributed by atoms with van der Waals surface area (Å²) in [4.78, 5) is 23.9. The highest BCUT2D eigenvalue weighted by Crippen LogP contribution is 2.09. The highest BCUT2D eigenvalue weighted by atomic mass is 16.5. The maximum Gasteiger partial charge on any atom is 0.263 e. The summed E-state index contributed by atoms with van der Waals surface area (Å²) in [5, 5.41) is 14.1. The van der Waals surface area contributed by atoms with E-state index in [1.165, 1.54) is 0 Å². The van der Waals surface area contributed by atoms with Crippen LogP contribution in [0.15, 0.2) is 36.0 Å². The summed E-state index contributed by atoms with van der Waals surface area (Å²) in [6.45, 7) is 3.74. The highest BCUT2D eigenvalue weighted by molar-refractivity contribution is 6.01. The second-order valence-electron chi connectivity index (χ2n) is 5.31. The number of nitriles is 1. The van der Waals surface area contributed by atoms with E-state index in [-0.39, 0.29) is 11.1 Å². The number of hydrogen-bond donors (Lipinski definition) is 3. The lowest BCUT2D eigenvalue weighted by Gasteiger charge is -2.06. The van der Waals surface area contributed by atoms with Crippen LogP contribution < -0.4 is 16.4 Å². The Labute approximate surface area is 147 Å². The maximum absolute atomic E-state index is 12.0. The fourth-order valence-electron chi connectivity index (χ4n) is 1.89. The molecule has 1 aromatic carbocycles. The van der Waals surface area contributed by atoms with Gasteiger partial charge in [0.05, 0.1) is 5.56 Å². The van der Waals surface area contributed by atoms with Crippen LogP contribution in [-0.4, -0.2) is 31.6 Å². The number of anilines is 1. The molecule has 0 fully saturated rings. The molecule has 4 N–H and O–H groups in total. The molecule has 0 radical (unpaired) electrons. The number of carbonyl (C=O) groups is 2. The molecule has 0 aliphatic heterocycles. The van der Waals surface area contributed by atoms with Crippen LogP contribution in [0.4, 0.5) is 5.69 Å². The van der Waals surface area contributed by atoms with E-state index in [4.69, 9.17) is 15.7 Å². The van der Waals surface area contributed by atoms with Crippen LogP contribution in [0.2, 0.25) is 0 Å². The van der Waals surface area contributed by atoms with Gasteiger partial charge in [-0.3, -0.25) is 9.59 Å². The molecule has 0 aromatic heterocycles. The van der Waals surface area contributed by atoms with Crippen molar-refractivity contribution >= 4 is 17.5 Å². The molecule has 7 heteroatoms. The number of ether oxygens (including phenoxy) is 1. The van der Waals surface area contributed by atoms with Crippen LogP contribution in [-0.2, 0) is 9.53 Å². The molecule has 0 heterocycles. The minimum atomic E-state index is -0.544. The predicted octanol–water partition coefficient (Wildman–Crippen LogP) is 1.73. The Bertz CT molecular complexity index is 650. The van der Waals surface area contributed by atoms with Crippen molar-refractivity contribution in [1.82, 2.24) is 10.6 Å². The van der Waals surface area contributed by atoms with Crippen molar-refractivity contribution in [3.63, 3.8) is 0 Å². The molecule has 0 spiro atoms. The fourth-order valence-corrected chi connectivity index (χ4v) is 1.89. The van der Waals surface area contributed by atoms with Crippen molar-refractivity contribution in [3.05, 3.63) is 41.6 Å². The van der Waals surface area contributed by atoms with Crippen molar-refractivity contribution in [1.29, 1.82) is 5.26 Å². The number of nitrogens with one attached hydrogen (secondary N) is 2. The number of amides is 2.